The molecule has 3 heteroatoms. The van der Waals surface area contributed by atoms with Gasteiger partial charge in [0.2, 0.25) is 0 Å². The molecule has 0 bridgehead atoms. The van der Waals surface area contributed by atoms with Crippen LogP contribution in [0.4, 0.5) is 0 Å². The van der Waals surface area contributed by atoms with Gasteiger partial charge in [-0.05, 0) is 53.1 Å². The first-order valence-electron chi connectivity index (χ1n) is 9.89. The molecule has 0 saturated carbocycles. The molecule has 29 heavy (non-hydrogen) atoms. The number of hydrogen-bond donors (Lipinski definition) is 0. The van der Waals surface area contributed by atoms with E-state index in [1.54, 1.807) is 0 Å². The summed E-state index contributed by atoms with van der Waals surface area (Å²) >= 11 is 0. The van der Waals surface area contributed by atoms with Gasteiger partial charge >= 0.3 is 0 Å². The van der Waals surface area contributed by atoms with Crippen LogP contribution < -0.4 is 0 Å². The van der Waals surface area contributed by atoms with Crippen LogP contribution in [-0.4, -0.2) is 5.75 Å². The summed E-state index contributed by atoms with van der Waals surface area (Å²) in [7, 11) is -0.235. The Morgan fingerprint density at radius 3 is 1.34 bits per heavy atom. The van der Waals surface area contributed by atoms with E-state index in [1.165, 1.54) is 20.9 Å². The minimum absolute atomic E-state index is 0.107. The van der Waals surface area contributed by atoms with Gasteiger partial charge in [-0.1, -0.05) is 65.8 Å². The maximum Gasteiger partial charge on any atom is 0.161 e. The Morgan fingerprint density at radius 1 is 0.724 bits per heavy atom. The number of nitrogens with zero attached hydrogens (tertiary/aromatic N) is 2. The van der Waals surface area contributed by atoms with Gasteiger partial charge in [-0.25, -0.2) is 0 Å². The molecule has 0 aliphatic carbocycles. The van der Waals surface area contributed by atoms with Crippen molar-refractivity contribution in [2.75, 3.05) is 5.75 Å². The summed E-state index contributed by atoms with van der Waals surface area (Å²) in [5.74, 6) is 0.681. The van der Waals surface area contributed by atoms with Gasteiger partial charge in [-0.2, -0.15) is 10.5 Å². The monoisotopic (exact) mass is 403 g/mol. The van der Waals surface area contributed by atoms with E-state index in [1.807, 2.05) is 19.1 Å². The molecule has 0 fully saturated rings. The molecule has 0 aromatic heterocycles. The lowest BCUT2D eigenvalue weighted by Gasteiger charge is -2.20. The SMILES string of the molecule is CC(C[S+](c1ccc(C(C)(C)C)cc1)c1ccc(C(C)(C)C)cc1)=C(C#N)C#N. The van der Waals surface area contributed by atoms with E-state index in [0.29, 0.717) is 5.75 Å². The van der Waals surface area contributed by atoms with Gasteiger partial charge in [-0.15, -0.1) is 0 Å². The van der Waals surface area contributed by atoms with Crippen LogP contribution in [0.1, 0.15) is 59.6 Å². The first kappa shape index (κ1) is 22.8. The fraction of sp³-hybridized carbons (Fsp3) is 0.385. The van der Waals surface area contributed by atoms with Crippen LogP contribution in [0.5, 0.6) is 0 Å². The van der Waals surface area contributed by atoms with Crippen molar-refractivity contribution < 1.29 is 0 Å². The lowest BCUT2D eigenvalue weighted by molar-refractivity contribution is 0.589. The molecule has 0 aliphatic rings. The fourth-order valence-electron chi connectivity index (χ4n) is 3.05. The summed E-state index contributed by atoms with van der Waals surface area (Å²) in [5.41, 5.74) is 3.88. The van der Waals surface area contributed by atoms with Crippen LogP contribution in [0.2, 0.25) is 0 Å². The third-order valence-corrected chi connectivity index (χ3v) is 7.43. The molecular weight excluding hydrogens is 372 g/mol. The highest BCUT2D eigenvalue weighted by atomic mass is 32.2. The molecule has 0 N–H and O–H groups in total. The second-order valence-corrected chi connectivity index (χ2v) is 11.5. The quantitative estimate of drug-likeness (QED) is 0.422. The average Bonchev–Trinajstić information content (AvgIpc) is 2.66. The first-order valence-corrected chi connectivity index (χ1v) is 11.3. The molecule has 0 radical (unpaired) electrons. The molecule has 0 saturated heterocycles. The summed E-state index contributed by atoms with van der Waals surface area (Å²) in [4.78, 5) is 2.46. The van der Waals surface area contributed by atoms with Gasteiger partial charge in [-0.3, -0.25) is 0 Å². The summed E-state index contributed by atoms with van der Waals surface area (Å²) in [6.07, 6.45) is 0. The standard InChI is InChI=1S/C26H31N2S/c1-19(20(16-27)17-28)18-29(23-12-8-21(9-13-23)25(2,3)4)24-14-10-22(11-15-24)26(5,6)7/h8-15H,18H2,1-7H3/q+1. The first-order chi connectivity index (χ1) is 13.5. The van der Waals surface area contributed by atoms with Gasteiger partial charge < -0.3 is 0 Å². The van der Waals surface area contributed by atoms with Crippen LogP contribution in [-0.2, 0) is 21.7 Å². The smallest absolute Gasteiger partial charge is 0.161 e. The Morgan fingerprint density at radius 2 is 1.07 bits per heavy atom. The molecule has 0 spiro atoms. The highest BCUT2D eigenvalue weighted by Crippen LogP contribution is 2.31. The van der Waals surface area contributed by atoms with Crippen molar-refractivity contribution in [2.24, 2.45) is 0 Å². The van der Waals surface area contributed by atoms with Crippen LogP contribution in [0.15, 0.2) is 69.5 Å². The van der Waals surface area contributed by atoms with Crippen molar-refractivity contribution in [3.8, 4) is 12.1 Å². The summed E-state index contributed by atoms with van der Waals surface area (Å²) in [5, 5.41) is 18.6. The number of allylic oxidation sites excluding steroid dienone is 1. The predicted molar refractivity (Wildman–Crippen MR) is 123 cm³/mol. The predicted octanol–water partition coefficient (Wildman–Crippen LogP) is 6.68. The number of rotatable bonds is 4. The zero-order chi connectivity index (χ0) is 21.8. The summed E-state index contributed by atoms with van der Waals surface area (Å²) < 4.78 is 0. The third kappa shape index (κ3) is 5.75. The van der Waals surface area contributed by atoms with E-state index in [9.17, 15) is 10.5 Å². The molecule has 0 aliphatic heterocycles. The molecule has 0 heterocycles. The van der Waals surface area contributed by atoms with E-state index < -0.39 is 0 Å². The van der Waals surface area contributed by atoms with E-state index in [2.05, 4.69) is 90.1 Å². The Kier molecular flexibility index (Phi) is 6.99. The summed E-state index contributed by atoms with van der Waals surface area (Å²) in [6.45, 7) is 15.2. The second kappa shape index (κ2) is 8.89. The lowest BCUT2D eigenvalue weighted by atomic mass is 9.87. The minimum atomic E-state index is -0.235. The Hall–Kier alpha value is -2.49. The van der Waals surface area contributed by atoms with E-state index in [4.69, 9.17) is 0 Å². The van der Waals surface area contributed by atoms with E-state index in [0.717, 1.165) is 5.57 Å². The summed E-state index contributed by atoms with van der Waals surface area (Å²) in [6, 6.07) is 21.7. The Labute approximate surface area is 179 Å². The number of nitriles is 2. The van der Waals surface area contributed by atoms with Crippen molar-refractivity contribution >= 4 is 10.9 Å². The topological polar surface area (TPSA) is 47.6 Å². The maximum absolute atomic E-state index is 9.28. The molecular formula is C26H31N2S+. The lowest BCUT2D eigenvalue weighted by Crippen LogP contribution is -2.15. The zero-order valence-electron chi connectivity index (χ0n) is 18.6. The van der Waals surface area contributed by atoms with E-state index >= 15 is 0 Å². The zero-order valence-corrected chi connectivity index (χ0v) is 19.4. The average molecular weight is 404 g/mol. The third-order valence-electron chi connectivity index (χ3n) is 5.02. The molecule has 2 aromatic carbocycles. The van der Waals surface area contributed by atoms with Crippen LogP contribution in [0.25, 0.3) is 0 Å². The molecule has 150 valence electrons. The molecule has 2 aromatic rings. The van der Waals surface area contributed by atoms with Crippen LogP contribution in [0.3, 0.4) is 0 Å². The van der Waals surface area contributed by atoms with Crippen molar-refractivity contribution in [1.29, 1.82) is 10.5 Å². The number of benzene rings is 2. The van der Waals surface area contributed by atoms with Crippen molar-refractivity contribution in [2.45, 2.75) is 69.1 Å². The van der Waals surface area contributed by atoms with Crippen molar-refractivity contribution in [1.82, 2.24) is 0 Å². The van der Waals surface area contributed by atoms with Gasteiger partial charge in [0.15, 0.2) is 9.79 Å². The molecule has 0 amide bonds. The van der Waals surface area contributed by atoms with Gasteiger partial charge in [0.25, 0.3) is 0 Å². The maximum atomic E-state index is 9.28. The van der Waals surface area contributed by atoms with Crippen molar-refractivity contribution in [3.05, 3.63) is 70.8 Å². The molecule has 0 atom stereocenters. The van der Waals surface area contributed by atoms with Crippen molar-refractivity contribution in [3.63, 3.8) is 0 Å². The highest BCUT2D eigenvalue weighted by Gasteiger charge is 2.28. The fourth-order valence-corrected chi connectivity index (χ4v) is 5.16. The Balaban J connectivity index is 2.51. The van der Waals surface area contributed by atoms with Gasteiger partial charge in [0.1, 0.15) is 23.5 Å². The second-order valence-electron chi connectivity index (χ2n) is 9.46. The largest absolute Gasteiger partial charge is 0.192 e. The minimum Gasteiger partial charge on any atom is -0.192 e. The normalized spacial score (nSPS) is 11.7. The molecule has 2 nitrogen and oxygen atoms in total. The highest BCUT2D eigenvalue weighted by molar-refractivity contribution is 7.97. The Bertz CT molecular complexity index is 881. The van der Waals surface area contributed by atoms with Gasteiger partial charge in [0.05, 0.1) is 10.9 Å². The van der Waals surface area contributed by atoms with Crippen LogP contribution in [0, 0.1) is 22.7 Å². The van der Waals surface area contributed by atoms with Gasteiger partial charge in [0, 0.05) is 5.57 Å². The van der Waals surface area contributed by atoms with Crippen LogP contribution >= 0.6 is 0 Å². The number of hydrogen-bond acceptors (Lipinski definition) is 2. The van der Waals surface area contributed by atoms with E-state index in [-0.39, 0.29) is 27.3 Å². The molecule has 2 rings (SSSR count). The molecule has 0 unspecified atom stereocenters.